The quantitative estimate of drug-likeness (QED) is 0.789. The van der Waals surface area contributed by atoms with Crippen molar-refractivity contribution in [2.75, 3.05) is 7.11 Å². The van der Waals surface area contributed by atoms with E-state index < -0.39 is 0 Å². The number of ether oxygens (including phenoxy) is 1. The number of hydrogen-bond acceptors (Lipinski definition) is 3. The monoisotopic (exact) mass is 332 g/mol. The Kier molecular flexibility index (Phi) is 3.88. The van der Waals surface area contributed by atoms with Crippen molar-refractivity contribution in [1.82, 2.24) is 10.3 Å². The standard InChI is InChI=1S/C21H20N2O2/c1-13-18(12-15-11-16(25-2)8-10-19(15)22-13)21(24)23-20-9-7-14-5-3-4-6-17(14)20/h3-6,8,10-12,20H,7,9H2,1-2H3,(H,23,24)/t20-/m1/s1. The van der Waals surface area contributed by atoms with E-state index in [0.29, 0.717) is 5.56 Å². The van der Waals surface area contributed by atoms with Crippen LogP contribution in [-0.2, 0) is 6.42 Å². The molecule has 1 atom stereocenters. The summed E-state index contributed by atoms with van der Waals surface area (Å²) in [6.45, 7) is 1.88. The lowest BCUT2D eigenvalue weighted by molar-refractivity contribution is 0.0936. The molecule has 1 amide bonds. The first kappa shape index (κ1) is 15.6. The molecule has 4 heteroatoms. The van der Waals surface area contributed by atoms with Crippen LogP contribution in [0.1, 0.15) is 39.6 Å². The van der Waals surface area contributed by atoms with Gasteiger partial charge in [-0.05, 0) is 55.2 Å². The summed E-state index contributed by atoms with van der Waals surface area (Å²) < 4.78 is 5.27. The highest BCUT2D eigenvalue weighted by Gasteiger charge is 2.24. The minimum atomic E-state index is -0.0728. The van der Waals surface area contributed by atoms with Crippen molar-refractivity contribution < 1.29 is 9.53 Å². The van der Waals surface area contributed by atoms with Gasteiger partial charge in [0.15, 0.2) is 0 Å². The fraction of sp³-hybridized carbons (Fsp3) is 0.238. The number of aromatic nitrogens is 1. The summed E-state index contributed by atoms with van der Waals surface area (Å²) in [5.41, 5.74) is 4.77. The van der Waals surface area contributed by atoms with E-state index in [9.17, 15) is 4.79 Å². The van der Waals surface area contributed by atoms with Crippen molar-refractivity contribution in [1.29, 1.82) is 0 Å². The van der Waals surface area contributed by atoms with Gasteiger partial charge in [0.25, 0.3) is 5.91 Å². The minimum Gasteiger partial charge on any atom is -0.497 e. The van der Waals surface area contributed by atoms with Crippen molar-refractivity contribution >= 4 is 16.8 Å². The number of carbonyl (C=O) groups excluding carboxylic acids is 1. The molecular weight excluding hydrogens is 312 g/mol. The van der Waals surface area contributed by atoms with Crippen LogP contribution >= 0.6 is 0 Å². The van der Waals surface area contributed by atoms with Gasteiger partial charge < -0.3 is 10.1 Å². The zero-order valence-corrected chi connectivity index (χ0v) is 14.4. The highest BCUT2D eigenvalue weighted by atomic mass is 16.5. The fourth-order valence-electron chi connectivity index (χ4n) is 3.55. The molecular formula is C21H20N2O2. The van der Waals surface area contributed by atoms with Gasteiger partial charge in [0, 0.05) is 5.39 Å². The molecule has 3 aromatic rings. The molecule has 0 bridgehead atoms. The van der Waals surface area contributed by atoms with E-state index in [4.69, 9.17) is 4.74 Å². The van der Waals surface area contributed by atoms with E-state index >= 15 is 0 Å². The van der Waals surface area contributed by atoms with Crippen molar-refractivity contribution in [2.45, 2.75) is 25.8 Å². The minimum absolute atomic E-state index is 0.0728. The van der Waals surface area contributed by atoms with Gasteiger partial charge in [-0.1, -0.05) is 24.3 Å². The predicted octanol–water partition coefficient (Wildman–Crippen LogP) is 3.97. The lowest BCUT2D eigenvalue weighted by Crippen LogP contribution is -2.28. The van der Waals surface area contributed by atoms with Gasteiger partial charge in [0.1, 0.15) is 5.75 Å². The van der Waals surface area contributed by atoms with Gasteiger partial charge in [-0.15, -0.1) is 0 Å². The largest absolute Gasteiger partial charge is 0.497 e. The SMILES string of the molecule is COc1ccc2nc(C)c(C(=O)N[C@@H]3CCc4ccccc43)cc2c1. The molecule has 1 N–H and O–H groups in total. The molecule has 0 aliphatic heterocycles. The Morgan fingerprint density at radius 3 is 2.88 bits per heavy atom. The van der Waals surface area contributed by atoms with Gasteiger partial charge in [-0.3, -0.25) is 9.78 Å². The predicted molar refractivity (Wildman–Crippen MR) is 98.0 cm³/mol. The van der Waals surface area contributed by atoms with Crippen LogP contribution in [0, 0.1) is 6.92 Å². The second-order valence-electron chi connectivity index (χ2n) is 6.44. The van der Waals surface area contributed by atoms with E-state index in [1.165, 1.54) is 11.1 Å². The zero-order chi connectivity index (χ0) is 17.4. The van der Waals surface area contributed by atoms with Crippen LogP contribution in [-0.4, -0.2) is 18.0 Å². The molecule has 4 rings (SSSR count). The maximum Gasteiger partial charge on any atom is 0.253 e. The first-order valence-corrected chi connectivity index (χ1v) is 8.50. The second-order valence-corrected chi connectivity index (χ2v) is 6.44. The summed E-state index contributed by atoms with van der Waals surface area (Å²) in [5.74, 6) is 0.686. The topological polar surface area (TPSA) is 51.2 Å². The molecule has 0 unspecified atom stereocenters. The Labute approximate surface area is 146 Å². The van der Waals surface area contributed by atoms with Gasteiger partial charge in [-0.25, -0.2) is 0 Å². The Morgan fingerprint density at radius 2 is 2.04 bits per heavy atom. The Bertz CT molecular complexity index is 965. The number of rotatable bonds is 3. The first-order valence-electron chi connectivity index (χ1n) is 8.50. The summed E-state index contributed by atoms with van der Waals surface area (Å²) in [7, 11) is 1.63. The van der Waals surface area contributed by atoms with Gasteiger partial charge in [0.2, 0.25) is 0 Å². The summed E-state index contributed by atoms with van der Waals surface area (Å²) >= 11 is 0. The number of fused-ring (bicyclic) bond motifs is 2. The van der Waals surface area contributed by atoms with Crippen molar-refractivity contribution in [3.8, 4) is 5.75 Å². The maximum absolute atomic E-state index is 12.8. The Hall–Kier alpha value is -2.88. The smallest absolute Gasteiger partial charge is 0.253 e. The molecule has 2 aromatic carbocycles. The van der Waals surface area contributed by atoms with E-state index in [1.54, 1.807) is 7.11 Å². The first-order chi connectivity index (χ1) is 12.2. The molecule has 1 heterocycles. The molecule has 1 aromatic heterocycles. The molecule has 25 heavy (non-hydrogen) atoms. The van der Waals surface area contributed by atoms with E-state index in [2.05, 4.69) is 22.4 Å². The molecule has 126 valence electrons. The molecule has 1 aliphatic rings. The highest BCUT2D eigenvalue weighted by Crippen LogP contribution is 2.31. The molecule has 0 fully saturated rings. The number of benzene rings is 2. The van der Waals surface area contributed by atoms with Crippen LogP contribution in [0.3, 0.4) is 0 Å². The second kappa shape index (κ2) is 6.20. The summed E-state index contributed by atoms with van der Waals surface area (Å²) in [4.78, 5) is 17.4. The fourth-order valence-corrected chi connectivity index (χ4v) is 3.55. The lowest BCUT2D eigenvalue weighted by Gasteiger charge is -2.15. The highest BCUT2D eigenvalue weighted by molar-refractivity contribution is 5.99. The van der Waals surface area contributed by atoms with E-state index in [-0.39, 0.29) is 11.9 Å². The van der Waals surface area contributed by atoms with E-state index in [1.807, 2.05) is 43.3 Å². The van der Waals surface area contributed by atoms with Gasteiger partial charge >= 0.3 is 0 Å². The lowest BCUT2D eigenvalue weighted by atomic mass is 10.1. The third-order valence-electron chi connectivity index (χ3n) is 4.90. The van der Waals surface area contributed by atoms with Gasteiger partial charge in [0.05, 0.1) is 29.9 Å². The summed E-state index contributed by atoms with van der Waals surface area (Å²) in [6, 6.07) is 16.0. The molecule has 1 aliphatic carbocycles. The molecule has 0 saturated heterocycles. The van der Waals surface area contributed by atoms with Crippen LogP contribution < -0.4 is 10.1 Å². The van der Waals surface area contributed by atoms with Crippen LogP contribution in [0.5, 0.6) is 5.75 Å². The third kappa shape index (κ3) is 2.84. The normalized spacial score (nSPS) is 15.8. The van der Waals surface area contributed by atoms with E-state index in [0.717, 1.165) is 35.2 Å². The number of methoxy groups -OCH3 is 1. The van der Waals surface area contributed by atoms with Crippen LogP contribution in [0.15, 0.2) is 48.5 Å². The molecule has 0 radical (unpaired) electrons. The average molecular weight is 332 g/mol. The number of nitrogens with one attached hydrogen (secondary N) is 1. The number of hydrogen-bond donors (Lipinski definition) is 1. The average Bonchev–Trinajstić information content (AvgIpc) is 3.03. The molecule has 4 nitrogen and oxygen atoms in total. The Morgan fingerprint density at radius 1 is 1.20 bits per heavy atom. The Balaban J connectivity index is 1.65. The molecule has 0 spiro atoms. The number of nitrogens with zero attached hydrogens (tertiary/aromatic N) is 1. The van der Waals surface area contributed by atoms with Crippen LogP contribution in [0.2, 0.25) is 0 Å². The number of aryl methyl sites for hydroxylation is 2. The van der Waals surface area contributed by atoms with Crippen molar-refractivity contribution in [2.24, 2.45) is 0 Å². The third-order valence-corrected chi connectivity index (χ3v) is 4.90. The number of carbonyl (C=O) groups is 1. The number of amides is 1. The summed E-state index contributed by atoms with van der Waals surface area (Å²) in [6.07, 6.45) is 1.95. The van der Waals surface area contributed by atoms with Crippen LogP contribution in [0.4, 0.5) is 0 Å². The van der Waals surface area contributed by atoms with Gasteiger partial charge in [-0.2, -0.15) is 0 Å². The summed E-state index contributed by atoms with van der Waals surface area (Å²) in [5, 5.41) is 4.08. The maximum atomic E-state index is 12.8. The molecule has 0 saturated carbocycles. The zero-order valence-electron chi connectivity index (χ0n) is 14.4. The van der Waals surface area contributed by atoms with Crippen molar-refractivity contribution in [3.63, 3.8) is 0 Å². The van der Waals surface area contributed by atoms with Crippen LogP contribution in [0.25, 0.3) is 10.9 Å². The number of pyridine rings is 1. The van der Waals surface area contributed by atoms with Crippen molar-refractivity contribution in [3.05, 3.63) is 70.9 Å².